The minimum Gasteiger partial charge on any atom is -0.490 e. The second-order valence-corrected chi connectivity index (χ2v) is 4.86. The van der Waals surface area contributed by atoms with Gasteiger partial charge in [0.05, 0.1) is 6.61 Å². The number of ether oxygens (including phenoxy) is 1. The second kappa shape index (κ2) is 4.65. The van der Waals surface area contributed by atoms with Crippen LogP contribution >= 0.6 is 0 Å². The van der Waals surface area contributed by atoms with Gasteiger partial charge in [0, 0.05) is 5.56 Å². The Kier molecular flexibility index (Phi) is 2.97. The minimum absolute atomic E-state index is 0.0830. The molecule has 98 valence electrons. The highest BCUT2D eigenvalue weighted by molar-refractivity contribution is 5.67. The zero-order valence-electron chi connectivity index (χ0n) is 10.7. The molecule has 0 fully saturated rings. The van der Waals surface area contributed by atoms with E-state index in [-0.39, 0.29) is 5.75 Å². The van der Waals surface area contributed by atoms with Gasteiger partial charge in [-0.25, -0.2) is 4.39 Å². The van der Waals surface area contributed by atoms with Crippen molar-refractivity contribution in [1.29, 1.82) is 0 Å². The average Bonchev–Trinajstić information content (AvgIpc) is 2.44. The molecule has 0 amide bonds. The first-order chi connectivity index (χ1) is 9.16. The molecule has 19 heavy (non-hydrogen) atoms. The van der Waals surface area contributed by atoms with E-state index in [4.69, 9.17) is 4.74 Å². The first-order valence-corrected chi connectivity index (χ1v) is 6.37. The molecular formula is C16H14F2O. The van der Waals surface area contributed by atoms with Crippen molar-refractivity contribution in [2.45, 2.75) is 19.8 Å². The van der Waals surface area contributed by atoms with Crippen molar-refractivity contribution in [3.05, 3.63) is 53.1 Å². The van der Waals surface area contributed by atoms with E-state index < -0.39 is 11.6 Å². The van der Waals surface area contributed by atoms with Gasteiger partial charge in [0.2, 0.25) is 5.82 Å². The summed E-state index contributed by atoms with van der Waals surface area (Å²) in [5.41, 5.74) is 2.84. The van der Waals surface area contributed by atoms with E-state index in [1.54, 1.807) is 6.07 Å². The SMILES string of the molecule is Cc1ccc(-c2cc3c(c(F)c2F)OCCC3)cc1. The molecule has 1 nitrogen and oxygen atoms in total. The molecule has 1 aliphatic heterocycles. The van der Waals surface area contributed by atoms with Crippen molar-refractivity contribution in [2.24, 2.45) is 0 Å². The molecule has 0 bridgehead atoms. The minimum atomic E-state index is -0.868. The van der Waals surface area contributed by atoms with E-state index in [1.165, 1.54) is 0 Å². The van der Waals surface area contributed by atoms with Crippen LogP contribution in [0.4, 0.5) is 8.78 Å². The molecular weight excluding hydrogens is 246 g/mol. The van der Waals surface area contributed by atoms with E-state index in [9.17, 15) is 8.78 Å². The number of rotatable bonds is 1. The monoisotopic (exact) mass is 260 g/mol. The topological polar surface area (TPSA) is 9.23 Å². The van der Waals surface area contributed by atoms with Crippen LogP contribution in [-0.4, -0.2) is 6.61 Å². The maximum atomic E-state index is 14.1. The first kappa shape index (κ1) is 12.2. The van der Waals surface area contributed by atoms with Gasteiger partial charge in [-0.2, -0.15) is 4.39 Å². The van der Waals surface area contributed by atoms with E-state index in [0.717, 1.165) is 24.0 Å². The number of benzene rings is 2. The first-order valence-electron chi connectivity index (χ1n) is 6.37. The second-order valence-electron chi connectivity index (χ2n) is 4.86. The Labute approximate surface area is 110 Å². The summed E-state index contributed by atoms with van der Waals surface area (Å²) in [5, 5.41) is 0. The number of fused-ring (bicyclic) bond motifs is 1. The van der Waals surface area contributed by atoms with E-state index in [2.05, 4.69) is 0 Å². The summed E-state index contributed by atoms with van der Waals surface area (Å²) in [6.45, 7) is 2.41. The van der Waals surface area contributed by atoms with Crippen LogP contribution in [0.1, 0.15) is 17.5 Å². The summed E-state index contributed by atoms with van der Waals surface area (Å²) in [5.74, 6) is -1.61. The smallest absolute Gasteiger partial charge is 0.201 e. The maximum absolute atomic E-state index is 14.1. The molecule has 0 N–H and O–H groups in total. The molecule has 0 spiro atoms. The molecule has 2 aromatic rings. The van der Waals surface area contributed by atoms with Crippen LogP contribution in [0.3, 0.4) is 0 Å². The molecule has 0 saturated heterocycles. The summed E-state index contributed by atoms with van der Waals surface area (Å²) in [6.07, 6.45) is 1.57. The lowest BCUT2D eigenvalue weighted by Crippen LogP contribution is -2.11. The lowest BCUT2D eigenvalue weighted by Gasteiger charge is -2.19. The van der Waals surface area contributed by atoms with Gasteiger partial charge in [0.1, 0.15) is 0 Å². The molecule has 0 aliphatic carbocycles. The molecule has 1 heterocycles. The lowest BCUT2D eigenvalue weighted by atomic mass is 9.97. The molecule has 1 aliphatic rings. The van der Waals surface area contributed by atoms with E-state index in [0.29, 0.717) is 17.7 Å². The Morgan fingerprint density at radius 1 is 1.05 bits per heavy atom. The third kappa shape index (κ3) is 2.09. The molecule has 0 unspecified atom stereocenters. The van der Waals surface area contributed by atoms with Gasteiger partial charge in [-0.15, -0.1) is 0 Å². The lowest BCUT2D eigenvalue weighted by molar-refractivity contribution is 0.268. The van der Waals surface area contributed by atoms with Crippen LogP contribution in [0.5, 0.6) is 5.75 Å². The van der Waals surface area contributed by atoms with Crippen LogP contribution < -0.4 is 4.74 Å². The molecule has 0 atom stereocenters. The Hall–Kier alpha value is -1.90. The van der Waals surface area contributed by atoms with Gasteiger partial charge in [-0.05, 0) is 37.0 Å². The van der Waals surface area contributed by atoms with Crippen LogP contribution in [0, 0.1) is 18.6 Å². The largest absolute Gasteiger partial charge is 0.490 e. The van der Waals surface area contributed by atoms with Gasteiger partial charge in [-0.1, -0.05) is 29.8 Å². The normalized spacial score (nSPS) is 13.8. The highest BCUT2D eigenvalue weighted by Crippen LogP contribution is 2.35. The fraction of sp³-hybridized carbons (Fsp3) is 0.250. The van der Waals surface area contributed by atoms with Crippen molar-refractivity contribution in [2.75, 3.05) is 6.61 Å². The summed E-state index contributed by atoms with van der Waals surface area (Å²) >= 11 is 0. The predicted molar refractivity (Wildman–Crippen MR) is 70.3 cm³/mol. The third-order valence-electron chi connectivity index (χ3n) is 3.44. The Morgan fingerprint density at radius 2 is 1.79 bits per heavy atom. The van der Waals surface area contributed by atoms with Crippen LogP contribution in [0.15, 0.2) is 30.3 Å². The van der Waals surface area contributed by atoms with Gasteiger partial charge < -0.3 is 4.74 Å². The van der Waals surface area contributed by atoms with Crippen molar-refractivity contribution in [3.63, 3.8) is 0 Å². The number of hydrogen-bond donors (Lipinski definition) is 0. The fourth-order valence-corrected chi connectivity index (χ4v) is 2.38. The van der Waals surface area contributed by atoms with E-state index >= 15 is 0 Å². The Bertz CT molecular complexity index is 618. The summed E-state index contributed by atoms with van der Waals surface area (Å²) in [4.78, 5) is 0. The van der Waals surface area contributed by atoms with Crippen LogP contribution in [-0.2, 0) is 6.42 Å². The summed E-state index contributed by atoms with van der Waals surface area (Å²) in [7, 11) is 0. The fourth-order valence-electron chi connectivity index (χ4n) is 2.38. The maximum Gasteiger partial charge on any atom is 0.201 e. The van der Waals surface area contributed by atoms with E-state index in [1.807, 2.05) is 31.2 Å². The van der Waals surface area contributed by atoms with Crippen LogP contribution in [0.2, 0.25) is 0 Å². The average molecular weight is 260 g/mol. The summed E-state index contributed by atoms with van der Waals surface area (Å²) in [6, 6.07) is 9.11. The third-order valence-corrected chi connectivity index (χ3v) is 3.44. The van der Waals surface area contributed by atoms with Gasteiger partial charge >= 0.3 is 0 Å². The van der Waals surface area contributed by atoms with Gasteiger partial charge in [0.15, 0.2) is 11.6 Å². The predicted octanol–water partition coefficient (Wildman–Crippen LogP) is 4.27. The van der Waals surface area contributed by atoms with Gasteiger partial charge in [0.25, 0.3) is 0 Å². The zero-order valence-corrected chi connectivity index (χ0v) is 10.7. The molecule has 0 saturated carbocycles. The molecule has 3 rings (SSSR count). The standard InChI is InChI=1S/C16H14F2O/c1-10-4-6-11(7-5-10)13-9-12-3-2-8-19-16(12)15(18)14(13)17/h4-7,9H,2-3,8H2,1H3. The molecule has 3 heteroatoms. The van der Waals surface area contributed by atoms with Crippen molar-refractivity contribution < 1.29 is 13.5 Å². The number of hydrogen-bond acceptors (Lipinski definition) is 1. The molecule has 0 radical (unpaired) electrons. The molecule has 0 aromatic heterocycles. The van der Waals surface area contributed by atoms with Crippen molar-refractivity contribution in [1.82, 2.24) is 0 Å². The highest BCUT2D eigenvalue weighted by Gasteiger charge is 2.22. The summed E-state index contributed by atoms with van der Waals surface area (Å²) < 4.78 is 33.4. The Morgan fingerprint density at radius 3 is 2.53 bits per heavy atom. The van der Waals surface area contributed by atoms with Crippen molar-refractivity contribution in [3.8, 4) is 16.9 Å². The Balaban J connectivity index is 2.16. The number of halogens is 2. The quantitative estimate of drug-likeness (QED) is 0.744. The highest BCUT2D eigenvalue weighted by atomic mass is 19.2. The van der Waals surface area contributed by atoms with Crippen LogP contribution in [0.25, 0.3) is 11.1 Å². The number of aryl methyl sites for hydroxylation is 2. The molecule has 2 aromatic carbocycles. The van der Waals surface area contributed by atoms with Crippen molar-refractivity contribution >= 4 is 0 Å². The zero-order chi connectivity index (χ0) is 13.4. The van der Waals surface area contributed by atoms with Gasteiger partial charge in [-0.3, -0.25) is 0 Å².